The molecule has 2 fully saturated rings. The smallest absolute Gasteiger partial charge is 0.408 e. The number of aliphatic carboxylic acids is 1. The highest BCUT2D eigenvalue weighted by Crippen LogP contribution is 2.37. The van der Waals surface area contributed by atoms with Gasteiger partial charge < -0.3 is 15.2 Å². The predicted octanol–water partition coefficient (Wildman–Crippen LogP) is 3.93. The normalized spacial score (nSPS) is 22.3. The molecule has 2 N–H and O–H groups in total. The molecule has 180 valence electrons. The van der Waals surface area contributed by atoms with Crippen LogP contribution in [0.25, 0.3) is 0 Å². The number of β-lactam (4-membered cyclic amide) rings is 1. The molecule has 0 aromatic heterocycles. The van der Waals surface area contributed by atoms with Gasteiger partial charge in [0.1, 0.15) is 11.8 Å². The number of halogens is 3. The van der Waals surface area contributed by atoms with Crippen molar-refractivity contribution in [2.75, 3.05) is 7.11 Å². The Labute approximate surface area is 189 Å². The molecule has 0 bridgehead atoms. The second-order valence-electron chi connectivity index (χ2n) is 8.52. The van der Waals surface area contributed by atoms with Gasteiger partial charge in [-0.1, -0.05) is 43.5 Å². The fraction of sp³-hybridized carbons (Fsp3) is 0.522. The van der Waals surface area contributed by atoms with Crippen LogP contribution in [0.4, 0.5) is 18.0 Å². The predicted molar refractivity (Wildman–Crippen MR) is 113 cm³/mol. The summed E-state index contributed by atoms with van der Waals surface area (Å²) < 4.78 is 46.1. The van der Waals surface area contributed by atoms with Gasteiger partial charge in [-0.05, 0) is 42.9 Å². The molecular weight excluding hydrogens is 441 g/mol. The number of hydrogen-bond acceptors (Lipinski definition) is 4. The number of urea groups is 1. The summed E-state index contributed by atoms with van der Waals surface area (Å²) in [7, 11) is 1.49. The van der Waals surface area contributed by atoms with Gasteiger partial charge in [0, 0.05) is 0 Å². The standard InChI is InChI=1S/C23H27F3N2O5/c1-13(11-14-7-6-10-16(12-14)33-2)17-18(21(30)31)28(20(17)29)22(32)27-19(23(24,25)26)15-8-4-3-5-9-15/h6-7,10,12,15,17-19H,1,3-5,8-9,11H2,2H3,(H,27,32)(H,30,31)/t17-,18+,19+/m1/s1. The van der Waals surface area contributed by atoms with E-state index in [1.54, 1.807) is 24.3 Å². The lowest BCUT2D eigenvalue weighted by atomic mass is 9.79. The van der Waals surface area contributed by atoms with Crippen molar-refractivity contribution < 1.29 is 37.4 Å². The van der Waals surface area contributed by atoms with Gasteiger partial charge in [0.05, 0.1) is 13.0 Å². The number of benzene rings is 1. The number of hydrogen-bond donors (Lipinski definition) is 2. The molecule has 7 nitrogen and oxygen atoms in total. The first kappa shape index (κ1) is 24.6. The minimum atomic E-state index is -4.71. The molecule has 1 heterocycles. The Hall–Kier alpha value is -3.04. The Bertz CT molecular complexity index is 927. The van der Waals surface area contributed by atoms with Crippen molar-refractivity contribution in [3.8, 4) is 5.75 Å². The number of rotatable bonds is 7. The number of nitrogens with zero attached hydrogens (tertiary/aromatic N) is 1. The van der Waals surface area contributed by atoms with Gasteiger partial charge >= 0.3 is 18.2 Å². The molecule has 1 aliphatic carbocycles. The highest BCUT2D eigenvalue weighted by molar-refractivity contribution is 6.09. The third-order valence-corrected chi connectivity index (χ3v) is 6.33. The second kappa shape index (κ2) is 9.84. The molecule has 0 unspecified atom stereocenters. The molecule has 3 amide bonds. The third-order valence-electron chi connectivity index (χ3n) is 6.33. The lowest BCUT2D eigenvalue weighted by molar-refractivity contribution is -0.172. The van der Waals surface area contributed by atoms with E-state index in [1.165, 1.54) is 7.11 Å². The average molecular weight is 468 g/mol. The van der Waals surface area contributed by atoms with Gasteiger partial charge in [0.15, 0.2) is 6.04 Å². The van der Waals surface area contributed by atoms with Crippen LogP contribution in [0.2, 0.25) is 0 Å². The Balaban J connectivity index is 1.73. The van der Waals surface area contributed by atoms with E-state index in [1.807, 2.05) is 5.32 Å². The van der Waals surface area contributed by atoms with E-state index in [-0.39, 0.29) is 12.0 Å². The van der Waals surface area contributed by atoms with Gasteiger partial charge in [-0.15, -0.1) is 0 Å². The lowest BCUT2D eigenvalue weighted by Crippen LogP contribution is -2.70. The van der Waals surface area contributed by atoms with E-state index in [0.29, 0.717) is 41.9 Å². The molecule has 0 spiro atoms. The number of carbonyl (C=O) groups excluding carboxylic acids is 2. The summed E-state index contributed by atoms with van der Waals surface area (Å²) in [6.07, 6.45) is -1.86. The maximum atomic E-state index is 13.7. The van der Waals surface area contributed by atoms with Gasteiger partial charge in [0.2, 0.25) is 5.91 Å². The van der Waals surface area contributed by atoms with E-state index in [9.17, 15) is 32.7 Å². The largest absolute Gasteiger partial charge is 0.497 e. The van der Waals surface area contributed by atoms with E-state index in [0.717, 1.165) is 6.42 Å². The Morgan fingerprint density at radius 3 is 2.52 bits per heavy atom. The van der Waals surface area contributed by atoms with Crippen molar-refractivity contribution >= 4 is 17.9 Å². The number of alkyl halides is 3. The van der Waals surface area contributed by atoms with Crippen LogP contribution in [0.15, 0.2) is 36.4 Å². The molecular formula is C23H27F3N2O5. The first-order valence-electron chi connectivity index (χ1n) is 10.8. The molecule has 3 atom stereocenters. The quantitative estimate of drug-likeness (QED) is 0.467. The number of nitrogens with one attached hydrogen (secondary N) is 1. The number of imide groups is 1. The maximum absolute atomic E-state index is 13.7. The van der Waals surface area contributed by atoms with Crippen molar-refractivity contribution in [3.05, 3.63) is 42.0 Å². The minimum absolute atomic E-state index is 0.153. The van der Waals surface area contributed by atoms with Crippen molar-refractivity contribution in [3.63, 3.8) is 0 Å². The fourth-order valence-corrected chi connectivity index (χ4v) is 4.66. The summed E-state index contributed by atoms with van der Waals surface area (Å²) >= 11 is 0. The summed E-state index contributed by atoms with van der Waals surface area (Å²) in [4.78, 5) is 37.6. The van der Waals surface area contributed by atoms with E-state index < -0.39 is 48.0 Å². The molecule has 1 aliphatic heterocycles. The van der Waals surface area contributed by atoms with Gasteiger partial charge in [0.25, 0.3) is 0 Å². The number of amides is 3. The lowest BCUT2D eigenvalue weighted by Gasteiger charge is -2.44. The van der Waals surface area contributed by atoms with Crippen LogP contribution in [0, 0.1) is 11.8 Å². The van der Waals surface area contributed by atoms with Crippen LogP contribution in [-0.2, 0) is 16.0 Å². The van der Waals surface area contributed by atoms with Crippen molar-refractivity contribution in [2.24, 2.45) is 11.8 Å². The number of ether oxygens (including phenoxy) is 1. The van der Waals surface area contributed by atoms with E-state index >= 15 is 0 Å². The SMILES string of the molecule is C=C(Cc1cccc(OC)c1)[C@H]1C(=O)N(C(=O)N[C@@H](C2CCCCC2)C(F)(F)F)[C@@H]1C(=O)O. The van der Waals surface area contributed by atoms with Crippen molar-refractivity contribution in [1.29, 1.82) is 0 Å². The van der Waals surface area contributed by atoms with E-state index in [2.05, 4.69) is 6.58 Å². The molecule has 2 aliphatic rings. The third kappa shape index (κ3) is 5.31. The molecule has 1 aromatic carbocycles. The number of likely N-dealkylation sites (tertiary alicyclic amines) is 1. The van der Waals surface area contributed by atoms with Gasteiger partial charge in [-0.3, -0.25) is 4.79 Å². The van der Waals surface area contributed by atoms with Crippen molar-refractivity contribution in [1.82, 2.24) is 10.2 Å². The van der Waals surface area contributed by atoms with Crippen LogP contribution in [0.3, 0.4) is 0 Å². The number of carboxylic acid groups (broad SMARTS) is 1. The molecule has 3 rings (SSSR count). The molecule has 1 saturated heterocycles. The molecule has 33 heavy (non-hydrogen) atoms. The zero-order chi connectivity index (χ0) is 24.3. The molecule has 0 radical (unpaired) electrons. The van der Waals surface area contributed by atoms with Gasteiger partial charge in [-0.25, -0.2) is 14.5 Å². The zero-order valence-electron chi connectivity index (χ0n) is 18.2. The first-order chi connectivity index (χ1) is 15.5. The summed E-state index contributed by atoms with van der Waals surface area (Å²) in [5.41, 5.74) is 0.970. The minimum Gasteiger partial charge on any atom is -0.497 e. The topological polar surface area (TPSA) is 95.9 Å². The fourth-order valence-electron chi connectivity index (χ4n) is 4.66. The van der Waals surface area contributed by atoms with Gasteiger partial charge in [-0.2, -0.15) is 13.2 Å². The Morgan fingerprint density at radius 2 is 1.94 bits per heavy atom. The summed E-state index contributed by atoms with van der Waals surface area (Å²) in [5.74, 6) is -3.81. The Kier molecular flexibility index (Phi) is 7.34. The highest BCUT2D eigenvalue weighted by atomic mass is 19.4. The van der Waals surface area contributed by atoms with E-state index in [4.69, 9.17) is 4.74 Å². The number of carboxylic acids is 1. The second-order valence-corrected chi connectivity index (χ2v) is 8.52. The summed E-state index contributed by atoms with van der Waals surface area (Å²) in [6, 6.07) is 1.80. The van der Waals surface area contributed by atoms with Crippen LogP contribution in [-0.4, -0.2) is 53.3 Å². The number of methoxy groups -OCH3 is 1. The summed E-state index contributed by atoms with van der Waals surface area (Å²) in [5, 5.41) is 11.5. The molecule has 1 aromatic rings. The average Bonchev–Trinajstić information content (AvgIpc) is 2.75. The first-order valence-corrected chi connectivity index (χ1v) is 10.8. The molecule has 1 saturated carbocycles. The van der Waals surface area contributed by atoms with Crippen LogP contribution in [0.5, 0.6) is 5.75 Å². The zero-order valence-corrected chi connectivity index (χ0v) is 18.2. The Morgan fingerprint density at radius 1 is 1.27 bits per heavy atom. The summed E-state index contributed by atoms with van der Waals surface area (Å²) in [6.45, 7) is 3.81. The van der Waals surface area contributed by atoms with Crippen LogP contribution in [0.1, 0.15) is 37.7 Å². The van der Waals surface area contributed by atoms with Crippen LogP contribution < -0.4 is 10.1 Å². The maximum Gasteiger partial charge on any atom is 0.408 e. The monoisotopic (exact) mass is 468 g/mol. The van der Waals surface area contributed by atoms with Crippen molar-refractivity contribution in [2.45, 2.75) is 56.8 Å². The highest BCUT2D eigenvalue weighted by Gasteiger charge is 2.57. The molecule has 10 heteroatoms. The number of carbonyl (C=O) groups is 3. The van der Waals surface area contributed by atoms with Crippen LogP contribution >= 0.6 is 0 Å².